The number of nitrogens with zero attached hydrogens (tertiary/aromatic N) is 3. The molecule has 0 unspecified atom stereocenters. The van der Waals surface area contributed by atoms with Crippen LogP contribution in [0.4, 0.5) is 15.8 Å². The highest BCUT2D eigenvalue weighted by Crippen LogP contribution is 2.36. The molecule has 1 aromatic carbocycles. The Morgan fingerprint density at radius 1 is 1.35 bits per heavy atom. The largest absolute Gasteiger partial charge is 0.350 e. The number of benzene rings is 1. The van der Waals surface area contributed by atoms with Crippen LogP contribution in [0, 0.1) is 15.9 Å². The number of anilines is 1. The van der Waals surface area contributed by atoms with Crippen molar-refractivity contribution in [1.82, 2.24) is 4.90 Å². The molecule has 1 heterocycles. The number of rotatable bonds is 2. The molecule has 1 fully saturated rings. The van der Waals surface area contributed by atoms with Gasteiger partial charge in [-0.15, -0.1) is 0 Å². The number of nitro groups is 1. The summed E-state index contributed by atoms with van der Waals surface area (Å²) in [7, 11) is 1.68. The van der Waals surface area contributed by atoms with Crippen molar-refractivity contribution in [3.63, 3.8) is 0 Å². The molecule has 0 spiro atoms. The minimum Gasteiger partial charge on any atom is -0.350 e. The van der Waals surface area contributed by atoms with E-state index in [2.05, 4.69) is 0 Å². The standard InChI is InChI=1S/C13H16FN3O3/c1-13(2)12(18)15(3)7-8-16(13)10-6-4-5-9(14)11(10)17(19)20/h4-6H,7-8H2,1-3H3. The molecule has 20 heavy (non-hydrogen) atoms. The zero-order valence-corrected chi connectivity index (χ0v) is 11.6. The Bertz CT molecular complexity index is 574. The molecular weight excluding hydrogens is 265 g/mol. The highest BCUT2D eigenvalue weighted by molar-refractivity contribution is 5.91. The van der Waals surface area contributed by atoms with Crippen LogP contribution in [0.5, 0.6) is 0 Å². The molecule has 0 saturated carbocycles. The maximum absolute atomic E-state index is 13.7. The average molecular weight is 281 g/mol. The van der Waals surface area contributed by atoms with Crippen molar-refractivity contribution in [1.29, 1.82) is 0 Å². The molecule has 108 valence electrons. The van der Waals surface area contributed by atoms with Gasteiger partial charge in [0.15, 0.2) is 0 Å². The summed E-state index contributed by atoms with van der Waals surface area (Å²) >= 11 is 0. The molecule has 1 aliphatic rings. The second-order valence-electron chi connectivity index (χ2n) is 5.30. The second-order valence-corrected chi connectivity index (χ2v) is 5.30. The molecule has 0 bridgehead atoms. The van der Waals surface area contributed by atoms with Gasteiger partial charge in [0.05, 0.1) is 4.92 Å². The summed E-state index contributed by atoms with van der Waals surface area (Å²) in [5.74, 6) is -1.04. The lowest BCUT2D eigenvalue weighted by atomic mass is 9.96. The van der Waals surface area contributed by atoms with Crippen LogP contribution in [0.2, 0.25) is 0 Å². The van der Waals surface area contributed by atoms with Crippen molar-refractivity contribution in [2.45, 2.75) is 19.4 Å². The maximum atomic E-state index is 13.7. The summed E-state index contributed by atoms with van der Waals surface area (Å²) in [6, 6.07) is 3.94. The van der Waals surface area contributed by atoms with E-state index in [1.807, 2.05) is 0 Å². The Morgan fingerprint density at radius 2 is 2.00 bits per heavy atom. The fourth-order valence-corrected chi connectivity index (χ4v) is 2.54. The molecule has 6 nitrogen and oxygen atoms in total. The van der Waals surface area contributed by atoms with Gasteiger partial charge in [-0.25, -0.2) is 0 Å². The quantitative estimate of drug-likeness (QED) is 0.612. The second kappa shape index (κ2) is 4.73. The summed E-state index contributed by atoms with van der Waals surface area (Å²) in [4.78, 5) is 25.7. The topological polar surface area (TPSA) is 66.7 Å². The van der Waals surface area contributed by atoms with E-state index in [1.54, 1.807) is 30.7 Å². The lowest BCUT2D eigenvalue weighted by Gasteiger charge is -2.45. The molecule has 7 heteroatoms. The van der Waals surface area contributed by atoms with E-state index in [9.17, 15) is 19.3 Å². The van der Waals surface area contributed by atoms with Crippen molar-refractivity contribution in [2.24, 2.45) is 0 Å². The summed E-state index contributed by atoms with van der Waals surface area (Å²) in [6.07, 6.45) is 0. The summed E-state index contributed by atoms with van der Waals surface area (Å²) in [5.41, 5.74) is -1.40. The van der Waals surface area contributed by atoms with Gasteiger partial charge >= 0.3 is 5.69 Å². The van der Waals surface area contributed by atoms with Gasteiger partial charge in [0, 0.05) is 20.1 Å². The average Bonchev–Trinajstić information content (AvgIpc) is 2.35. The van der Waals surface area contributed by atoms with E-state index in [-0.39, 0.29) is 11.6 Å². The Hall–Kier alpha value is -2.18. The Kier molecular flexibility index (Phi) is 3.37. The fraction of sp³-hybridized carbons (Fsp3) is 0.462. The Balaban J connectivity index is 2.54. The van der Waals surface area contributed by atoms with E-state index in [4.69, 9.17) is 0 Å². The number of halogens is 1. The van der Waals surface area contributed by atoms with Gasteiger partial charge in [0.1, 0.15) is 11.2 Å². The van der Waals surface area contributed by atoms with Gasteiger partial charge < -0.3 is 9.80 Å². The lowest BCUT2D eigenvalue weighted by Crippen LogP contribution is -2.62. The van der Waals surface area contributed by atoms with Gasteiger partial charge in [-0.2, -0.15) is 4.39 Å². The smallest absolute Gasteiger partial charge is 0.327 e. The van der Waals surface area contributed by atoms with Crippen LogP contribution in [-0.4, -0.2) is 41.4 Å². The number of likely N-dealkylation sites (N-methyl/N-ethyl adjacent to an activating group) is 1. The predicted octanol–water partition coefficient (Wildman–Crippen LogP) is 1.79. The first kappa shape index (κ1) is 14.2. The van der Waals surface area contributed by atoms with Crippen molar-refractivity contribution in [3.05, 3.63) is 34.1 Å². The molecule has 0 aromatic heterocycles. The minimum absolute atomic E-state index is 0.140. The first-order chi connectivity index (χ1) is 9.26. The molecule has 0 radical (unpaired) electrons. The Labute approximate surface area is 115 Å². The molecule has 0 N–H and O–H groups in total. The third kappa shape index (κ3) is 2.09. The van der Waals surface area contributed by atoms with Crippen LogP contribution < -0.4 is 4.90 Å². The van der Waals surface area contributed by atoms with Crippen LogP contribution in [0.3, 0.4) is 0 Å². The summed E-state index contributed by atoms with van der Waals surface area (Å²) in [5, 5.41) is 11.1. The number of carbonyl (C=O) groups is 1. The summed E-state index contributed by atoms with van der Waals surface area (Å²) in [6.45, 7) is 4.22. The number of carbonyl (C=O) groups excluding carboxylic acids is 1. The first-order valence-electron chi connectivity index (χ1n) is 6.23. The van der Waals surface area contributed by atoms with Gasteiger partial charge in [-0.1, -0.05) is 6.07 Å². The molecule has 2 rings (SSSR count). The van der Waals surface area contributed by atoms with Gasteiger partial charge in [-0.3, -0.25) is 14.9 Å². The number of piperazine rings is 1. The zero-order valence-electron chi connectivity index (χ0n) is 11.6. The van der Waals surface area contributed by atoms with Crippen LogP contribution in [0.15, 0.2) is 18.2 Å². The van der Waals surface area contributed by atoms with Crippen molar-refractivity contribution >= 4 is 17.3 Å². The number of para-hydroxylation sites is 1. The van der Waals surface area contributed by atoms with Crippen molar-refractivity contribution in [2.75, 3.05) is 25.0 Å². The predicted molar refractivity (Wildman–Crippen MR) is 72.1 cm³/mol. The number of amides is 1. The van der Waals surface area contributed by atoms with E-state index in [1.165, 1.54) is 12.1 Å². The van der Waals surface area contributed by atoms with Gasteiger partial charge in [-0.05, 0) is 26.0 Å². The van der Waals surface area contributed by atoms with Crippen molar-refractivity contribution in [3.8, 4) is 0 Å². The molecule has 1 aromatic rings. The molecule has 1 saturated heterocycles. The van der Waals surface area contributed by atoms with Gasteiger partial charge in [0.2, 0.25) is 11.7 Å². The molecule has 1 aliphatic heterocycles. The van der Waals surface area contributed by atoms with Gasteiger partial charge in [0.25, 0.3) is 0 Å². The van der Waals surface area contributed by atoms with E-state index >= 15 is 0 Å². The van der Waals surface area contributed by atoms with Crippen molar-refractivity contribution < 1.29 is 14.1 Å². The first-order valence-corrected chi connectivity index (χ1v) is 6.23. The maximum Gasteiger partial charge on any atom is 0.327 e. The van der Waals surface area contributed by atoms with Crippen LogP contribution in [0.1, 0.15) is 13.8 Å². The fourth-order valence-electron chi connectivity index (χ4n) is 2.54. The Morgan fingerprint density at radius 3 is 2.60 bits per heavy atom. The number of hydrogen-bond donors (Lipinski definition) is 0. The monoisotopic (exact) mass is 281 g/mol. The van der Waals surface area contributed by atoms with E-state index in [0.29, 0.717) is 13.1 Å². The van der Waals surface area contributed by atoms with E-state index in [0.717, 1.165) is 6.07 Å². The van der Waals surface area contributed by atoms with Crippen LogP contribution in [-0.2, 0) is 4.79 Å². The number of nitro benzene ring substituents is 1. The van der Waals surface area contributed by atoms with Crippen LogP contribution >= 0.6 is 0 Å². The summed E-state index contributed by atoms with van der Waals surface area (Å²) < 4.78 is 13.7. The molecule has 0 aliphatic carbocycles. The lowest BCUT2D eigenvalue weighted by molar-refractivity contribution is -0.386. The molecule has 1 amide bonds. The third-order valence-corrected chi connectivity index (χ3v) is 3.64. The number of hydrogen-bond acceptors (Lipinski definition) is 4. The highest BCUT2D eigenvalue weighted by Gasteiger charge is 2.43. The molecule has 0 atom stereocenters. The SMILES string of the molecule is CN1CCN(c2cccc(F)c2[N+](=O)[O-])C(C)(C)C1=O. The van der Waals surface area contributed by atoms with E-state index < -0.39 is 22.0 Å². The highest BCUT2D eigenvalue weighted by atomic mass is 19.1. The normalized spacial score (nSPS) is 18.3. The van der Waals surface area contributed by atoms with Crippen LogP contribution in [0.25, 0.3) is 0 Å². The zero-order chi connectivity index (χ0) is 15.1. The molecular formula is C13H16FN3O3. The third-order valence-electron chi connectivity index (χ3n) is 3.64. The minimum atomic E-state index is -0.953.